The lowest BCUT2D eigenvalue weighted by molar-refractivity contribution is -0.131. The van der Waals surface area contributed by atoms with Gasteiger partial charge in [-0.3, -0.25) is 10.1 Å². The number of hydrogen-bond acceptors (Lipinski definition) is 3. The van der Waals surface area contributed by atoms with E-state index in [2.05, 4.69) is 5.32 Å². The maximum absolute atomic E-state index is 14.0. The van der Waals surface area contributed by atoms with Crippen LogP contribution in [0.2, 0.25) is 0 Å². The number of carbonyl (C=O) groups is 1. The van der Waals surface area contributed by atoms with Gasteiger partial charge in [0.15, 0.2) is 0 Å². The lowest BCUT2D eigenvalue weighted by atomic mass is 10.1. The number of halogens is 2. The van der Waals surface area contributed by atoms with E-state index in [1.165, 1.54) is 12.1 Å². The molecule has 2 aliphatic rings. The molecule has 1 aromatic rings. The fourth-order valence-corrected chi connectivity index (χ4v) is 2.96. The Morgan fingerprint density at radius 3 is 2.90 bits per heavy atom. The van der Waals surface area contributed by atoms with Crippen molar-refractivity contribution in [3.63, 3.8) is 0 Å². The van der Waals surface area contributed by atoms with Gasteiger partial charge in [-0.2, -0.15) is 0 Å². The molecule has 0 saturated carbocycles. The third-order valence-corrected chi connectivity index (χ3v) is 4.05. The van der Waals surface area contributed by atoms with E-state index in [4.69, 9.17) is 4.74 Å². The number of carbonyl (C=O) groups excluding carboxylic acids is 1. The van der Waals surface area contributed by atoms with Crippen LogP contribution in [0, 0.1) is 11.6 Å². The van der Waals surface area contributed by atoms with Crippen LogP contribution in [0.25, 0.3) is 0 Å². The number of ether oxygens (including phenoxy) is 1. The SMILES string of the molecule is CC1NC(c2ccc(F)cc2F)N(CC2CCCO2)C1=O. The second-order valence-corrected chi connectivity index (χ2v) is 5.58. The van der Waals surface area contributed by atoms with Gasteiger partial charge in [-0.25, -0.2) is 8.78 Å². The molecule has 1 amide bonds. The molecule has 0 aromatic heterocycles. The molecule has 0 spiro atoms. The summed E-state index contributed by atoms with van der Waals surface area (Å²) in [5, 5.41) is 3.06. The predicted molar refractivity (Wildman–Crippen MR) is 72.4 cm³/mol. The smallest absolute Gasteiger partial charge is 0.241 e. The van der Waals surface area contributed by atoms with Crippen LogP contribution in [0.15, 0.2) is 18.2 Å². The maximum Gasteiger partial charge on any atom is 0.241 e. The maximum atomic E-state index is 14.0. The van der Waals surface area contributed by atoms with Gasteiger partial charge in [0, 0.05) is 24.8 Å². The fourth-order valence-electron chi connectivity index (χ4n) is 2.96. The van der Waals surface area contributed by atoms with Crippen molar-refractivity contribution in [2.45, 2.75) is 38.1 Å². The molecule has 6 heteroatoms. The van der Waals surface area contributed by atoms with Crippen molar-refractivity contribution in [2.75, 3.05) is 13.2 Å². The second-order valence-electron chi connectivity index (χ2n) is 5.58. The van der Waals surface area contributed by atoms with Gasteiger partial charge in [0.25, 0.3) is 0 Å². The summed E-state index contributed by atoms with van der Waals surface area (Å²) >= 11 is 0. The van der Waals surface area contributed by atoms with Crippen LogP contribution in [-0.4, -0.2) is 36.1 Å². The van der Waals surface area contributed by atoms with Crippen LogP contribution >= 0.6 is 0 Å². The summed E-state index contributed by atoms with van der Waals surface area (Å²) in [4.78, 5) is 13.9. The first-order chi connectivity index (χ1) is 10.1. The number of nitrogens with one attached hydrogen (secondary N) is 1. The van der Waals surface area contributed by atoms with E-state index in [0.29, 0.717) is 13.2 Å². The van der Waals surface area contributed by atoms with E-state index in [1.807, 2.05) is 0 Å². The summed E-state index contributed by atoms with van der Waals surface area (Å²) in [5.74, 6) is -1.36. The molecule has 3 rings (SSSR count). The lowest BCUT2D eigenvalue weighted by Gasteiger charge is -2.27. The number of hydrogen-bond donors (Lipinski definition) is 1. The summed E-state index contributed by atoms with van der Waals surface area (Å²) in [5.41, 5.74) is 0.284. The summed E-state index contributed by atoms with van der Waals surface area (Å²) in [7, 11) is 0. The standard InChI is InChI=1S/C15H18F2N2O2/c1-9-15(20)19(8-11-3-2-6-21-11)14(18-9)12-5-4-10(16)7-13(12)17/h4-5,7,9,11,14,18H,2-3,6,8H2,1H3. The van der Waals surface area contributed by atoms with E-state index in [0.717, 1.165) is 18.9 Å². The van der Waals surface area contributed by atoms with Crippen LogP contribution in [0.5, 0.6) is 0 Å². The molecule has 2 aliphatic heterocycles. The molecule has 3 atom stereocenters. The quantitative estimate of drug-likeness (QED) is 0.927. The highest BCUT2D eigenvalue weighted by atomic mass is 19.1. The number of benzene rings is 1. The van der Waals surface area contributed by atoms with Crippen molar-refractivity contribution in [3.8, 4) is 0 Å². The highest BCUT2D eigenvalue weighted by molar-refractivity contribution is 5.84. The Kier molecular flexibility index (Phi) is 3.91. The third-order valence-electron chi connectivity index (χ3n) is 4.05. The predicted octanol–water partition coefficient (Wildman–Crippen LogP) is 1.96. The highest BCUT2D eigenvalue weighted by Crippen LogP contribution is 2.29. The molecule has 2 heterocycles. The molecule has 1 N–H and O–H groups in total. The van der Waals surface area contributed by atoms with Crippen LogP contribution < -0.4 is 5.32 Å². The van der Waals surface area contributed by atoms with Gasteiger partial charge in [0.2, 0.25) is 5.91 Å². The number of nitrogens with zero attached hydrogens (tertiary/aromatic N) is 1. The zero-order valence-corrected chi connectivity index (χ0v) is 11.8. The Morgan fingerprint density at radius 2 is 2.24 bits per heavy atom. The van der Waals surface area contributed by atoms with Crippen molar-refractivity contribution in [3.05, 3.63) is 35.4 Å². The van der Waals surface area contributed by atoms with E-state index >= 15 is 0 Å². The van der Waals surface area contributed by atoms with Gasteiger partial charge < -0.3 is 9.64 Å². The van der Waals surface area contributed by atoms with Gasteiger partial charge in [-0.05, 0) is 31.9 Å². The Morgan fingerprint density at radius 1 is 1.43 bits per heavy atom. The zero-order valence-electron chi connectivity index (χ0n) is 11.8. The van der Waals surface area contributed by atoms with E-state index in [1.54, 1.807) is 11.8 Å². The molecule has 114 valence electrons. The van der Waals surface area contributed by atoms with Crippen molar-refractivity contribution in [1.82, 2.24) is 10.2 Å². The molecular weight excluding hydrogens is 278 g/mol. The van der Waals surface area contributed by atoms with Crippen molar-refractivity contribution >= 4 is 5.91 Å². The summed E-state index contributed by atoms with van der Waals surface area (Å²) < 4.78 is 32.6. The molecule has 4 nitrogen and oxygen atoms in total. The molecule has 2 saturated heterocycles. The molecule has 1 aromatic carbocycles. The minimum atomic E-state index is -0.647. The van der Waals surface area contributed by atoms with Gasteiger partial charge in [0.1, 0.15) is 17.8 Å². The first kappa shape index (κ1) is 14.4. The Bertz CT molecular complexity index is 546. The molecule has 0 aliphatic carbocycles. The minimum absolute atomic E-state index is 0.00735. The van der Waals surface area contributed by atoms with Crippen molar-refractivity contribution < 1.29 is 18.3 Å². The van der Waals surface area contributed by atoms with Crippen LogP contribution in [0.3, 0.4) is 0 Å². The minimum Gasteiger partial charge on any atom is -0.376 e. The second kappa shape index (κ2) is 5.69. The highest BCUT2D eigenvalue weighted by Gasteiger charge is 2.39. The van der Waals surface area contributed by atoms with Gasteiger partial charge in [-0.1, -0.05) is 0 Å². The summed E-state index contributed by atoms with van der Waals surface area (Å²) in [6.07, 6.45) is 1.30. The molecule has 21 heavy (non-hydrogen) atoms. The summed E-state index contributed by atoms with van der Waals surface area (Å²) in [6, 6.07) is 3.05. The Labute approximate surface area is 122 Å². The zero-order chi connectivity index (χ0) is 15.0. The van der Waals surface area contributed by atoms with Crippen LogP contribution in [0.4, 0.5) is 8.78 Å². The van der Waals surface area contributed by atoms with E-state index in [9.17, 15) is 13.6 Å². The van der Waals surface area contributed by atoms with E-state index in [-0.39, 0.29) is 23.6 Å². The lowest BCUT2D eigenvalue weighted by Crippen LogP contribution is -2.37. The molecule has 3 unspecified atom stereocenters. The first-order valence-electron chi connectivity index (χ1n) is 7.19. The van der Waals surface area contributed by atoms with Crippen LogP contribution in [-0.2, 0) is 9.53 Å². The topological polar surface area (TPSA) is 41.6 Å². The Hall–Kier alpha value is -1.53. The Balaban J connectivity index is 1.85. The van der Waals surface area contributed by atoms with E-state index < -0.39 is 17.8 Å². The first-order valence-corrected chi connectivity index (χ1v) is 7.19. The normalized spacial score (nSPS) is 29.4. The van der Waals surface area contributed by atoms with Gasteiger partial charge >= 0.3 is 0 Å². The third kappa shape index (κ3) is 2.78. The largest absolute Gasteiger partial charge is 0.376 e. The molecular formula is C15H18F2N2O2. The van der Waals surface area contributed by atoms with Crippen LogP contribution in [0.1, 0.15) is 31.5 Å². The summed E-state index contributed by atoms with van der Waals surface area (Å²) in [6.45, 7) is 2.87. The molecule has 0 radical (unpaired) electrons. The average molecular weight is 296 g/mol. The fraction of sp³-hybridized carbons (Fsp3) is 0.533. The molecule has 0 bridgehead atoms. The van der Waals surface area contributed by atoms with Crippen molar-refractivity contribution in [1.29, 1.82) is 0 Å². The van der Waals surface area contributed by atoms with Gasteiger partial charge in [-0.15, -0.1) is 0 Å². The number of amides is 1. The average Bonchev–Trinajstić information content (AvgIpc) is 3.03. The van der Waals surface area contributed by atoms with Gasteiger partial charge in [0.05, 0.1) is 12.1 Å². The monoisotopic (exact) mass is 296 g/mol. The van der Waals surface area contributed by atoms with Crippen molar-refractivity contribution in [2.24, 2.45) is 0 Å². The number of rotatable bonds is 3. The molecule has 2 fully saturated rings.